The van der Waals surface area contributed by atoms with E-state index in [1.54, 1.807) is 0 Å². The molecule has 4 rings (SSSR count). The van der Waals surface area contributed by atoms with Crippen molar-refractivity contribution in [3.05, 3.63) is 0 Å². The van der Waals surface area contributed by atoms with Crippen LogP contribution in [0.25, 0.3) is 0 Å². The first kappa shape index (κ1) is 17.8. The Balaban J connectivity index is 1.75. The number of hydrogen-bond acceptors (Lipinski definition) is 4. The molecule has 25 heavy (non-hydrogen) atoms. The molecule has 0 aromatic carbocycles. The molecule has 4 aliphatic carbocycles. The lowest BCUT2D eigenvalue weighted by Gasteiger charge is -2.63. The van der Waals surface area contributed by atoms with E-state index in [-0.39, 0.29) is 35.2 Å². The number of terminal acetylenes is 1. The summed E-state index contributed by atoms with van der Waals surface area (Å²) < 4.78 is 0. The molecule has 0 heterocycles. The fraction of sp³-hybridized carbons (Fsp3) is 0.905. The van der Waals surface area contributed by atoms with Crippen LogP contribution in [0, 0.1) is 46.8 Å². The van der Waals surface area contributed by atoms with Gasteiger partial charge in [-0.25, -0.2) is 0 Å². The fourth-order valence-corrected chi connectivity index (χ4v) is 7.55. The molecule has 1 unspecified atom stereocenters. The summed E-state index contributed by atoms with van der Waals surface area (Å²) in [6.07, 6.45) is 9.27. The molecule has 10 atom stereocenters. The minimum absolute atomic E-state index is 0.0203. The molecular formula is C21H32O4. The van der Waals surface area contributed by atoms with Gasteiger partial charge in [-0.05, 0) is 74.0 Å². The third-order valence-corrected chi connectivity index (χ3v) is 8.98. The van der Waals surface area contributed by atoms with E-state index in [0.717, 1.165) is 25.7 Å². The zero-order valence-corrected chi connectivity index (χ0v) is 15.4. The van der Waals surface area contributed by atoms with Crippen molar-refractivity contribution in [1.29, 1.82) is 0 Å². The van der Waals surface area contributed by atoms with Crippen molar-refractivity contribution >= 4 is 0 Å². The van der Waals surface area contributed by atoms with Crippen molar-refractivity contribution in [3.63, 3.8) is 0 Å². The van der Waals surface area contributed by atoms with Gasteiger partial charge >= 0.3 is 0 Å². The first-order valence-corrected chi connectivity index (χ1v) is 9.90. The van der Waals surface area contributed by atoms with E-state index < -0.39 is 23.2 Å². The third-order valence-electron chi connectivity index (χ3n) is 8.98. The van der Waals surface area contributed by atoms with Gasteiger partial charge in [-0.15, -0.1) is 6.42 Å². The van der Waals surface area contributed by atoms with Gasteiger partial charge in [0.2, 0.25) is 0 Å². The van der Waals surface area contributed by atoms with Crippen LogP contribution in [-0.2, 0) is 0 Å². The van der Waals surface area contributed by atoms with E-state index >= 15 is 0 Å². The second-order valence-corrected chi connectivity index (χ2v) is 9.88. The Kier molecular flexibility index (Phi) is 3.88. The first-order valence-electron chi connectivity index (χ1n) is 9.90. The van der Waals surface area contributed by atoms with Crippen molar-refractivity contribution in [2.45, 2.75) is 82.7 Å². The van der Waals surface area contributed by atoms with Crippen LogP contribution in [0.5, 0.6) is 0 Å². The van der Waals surface area contributed by atoms with Crippen LogP contribution >= 0.6 is 0 Å². The largest absolute Gasteiger partial charge is 0.393 e. The van der Waals surface area contributed by atoms with Gasteiger partial charge in [0.05, 0.1) is 18.3 Å². The molecule has 0 amide bonds. The Morgan fingerprint density at radius 1 is 1.00 bits per heavy atom. The van der Waals surface area contributed by atoms with Crippen LogP contribution in [0.1, 0.15) is 58.8 Å². The Morgan fingerprint density at radius 2 is 1.72 bits per heavy atom. The van der Waals surface area contributed by atoms with Crippen molar-refractivity contribution in [2.24, 2.45) is 34.5 Å². The second kappa shape index (κ2) is 5.45. The molecule has 0 saturated heterocycles. The van der Waals surface area contributed by atoms with Gasteiger partial charge in [0.1, 0.15) is 5.60 Å². The van der Waals surface area contributed by atoms with Gasteiger partial charge in [0.15, 0.2) is 0 Å². The number of hydrogen-bond donors (Lipinski definition) is 4. The molecule has 4 aliphatic rings. The zero-order chi connectivity index (χ0) is 18.2. The van der Waals surface area contributed by atoms with E-state index in [1.165, 1.54) is 0 Å². The van der Waals surface area contributed by atoms with Gasteiger partial charge in [0.25, 0.3) is 0 Å². The van der Waals surface area contributed by atoms with Crippen LogP contribution < -0.4 is 0 Å². The predicted octanol–water partition coefficient (Wildman–Crippen LogP) is 1.70. The lowest BCUT2D eigenvalue weighted by atomic mass is 9.43. The van der Waals surface area contributed by atoms with Gasteiger partial charge < -0.3 is 20.4 Å². The van der Waals surface area contributed by atoms with Crippen LogP contribution in [0.2, 0.25) is 0 Å². The SMILES string of the molecule is C#C[C@]1(O)CC[C@H]2[C@H]3[C@H]([C@@H](O)C[C@@]21C)[C@@]1(C)CC[C@@H](O)CC1C[C@@H]3O. The molecule has 4 N–H and O–H groups in total. The summed E-state index contributed by atoms with van der Waals surface area (Å²) in [5.41, 5.74) is -1.79. The molecule has 0 bridgehead atoms. The molecule has 4 saturated carbocycles. The van der Waals surface area contributed by atoms with Crippen LogP contribution in [0.15, 0.2) is 0 Å². The summed E-state index contributed by atoms with van der Waals surface area (Å²) >= 11 is 0. The predicted molar refractivity (Wildman–Crippen MR) is 94.3 cm³/mol. The average molecular weight is 348 g/mol. The third kappa shape index (κ3) is 2.16. The van der Waals surface area contributed by atoms with Crippen LogP contribution in [0.3, 0.4) is 0 Å². The Bertz CT molecular complexity index is 599. The molecule has 4 fully saturated rings. The maximum atomic E-state index is 11.2. The smallest absolute Gasteiger partial charge is 0.130 e. The van der Waals surface area contributed by atoms with Crippen molar-refractivity contribution < 1.29 is 20.4 Å². The molecule has 0 aromatic heterocycles. The molecule has 0 aromatic rings. The normalized spacial score (nSPS) is 60.9. The van der Waals surface area contributed by atoms with E-state index in [9.17, 15) is 20.4 Å². The average Bonchev–Trinajstić information content (AvgIpc) is 2.81. The fourth-order valence-electron chi connectivity index (χ4n) is 7.55. The molecule has 4 nitrogen and oxygen atoms in total. The summed E-state index contributed by atoms with van der Waals surface area (Å²) in [7, 11) is 0. The van der Waals surface area contributed by atoms with Crippen LogP contribution in [-0.4, -0.2) is 44.3 Å². The highest BCUT2D eigenvalue weighted by Gasteiger charge is 2.68. The van der Waals surface area contributed by atoms with Gasteiger partial charge in [-0.3, -0.25) is 0 Å². The lowest BCUT2D eigenvalue weighted by molar-refractivity contribution is -0.221. The summed E-state index contributed by atoms with van der Waals surface area (Å²) in [6, 6.07) is 0. The topological polar surface area (TPSA) is 80.9 Å². The zero-order valence-electron chi connectivity index (χ0n) is 15.4. The Labute approximate surface area is 150 Å². The standard InChI is InChI=1S/C21H32O4/c1-4-21(25)8-6-14-17-15(23)10-12-9-13(22)5-7-19(12,2)18(17)16(24)11-20(14,21)3/h1,12-18,22-25H,5-11H2,2-3H3/t12?,13-,14+,15+,16+,17-,18+,19+,20+,21+/m1/s1. The number of fused-ring (bicyclic) bond motifs is 5. The quantitative estimate of drug-likeness (QED) is 0.502. The van der Waals surface area contributed by atoms with Gasteiger partial charge in [0, 0.05) is 5.41 Å². The van der Waals surface area contributed by atoms with E-state index in [0.29, 0.717) is 19.3 Å². The lowest BCUT2D eigenvalue weighted by Crippen LogP contribution is -2.64. The number of rotatable bonds is 0. The number of aliphatic hydroxyl groups excluding tert-OH is 3. The van der Waals surface area contributed by atoms with Crippen molar-refractivity contribution in [2.75, 3.05) is 0 Å². The Morgan fingerprint density at radius 3 is 2.40 bits per heavy atom. The summed E-state index contributed by atoms with van der Waals surface area (Å²) in [5, 5.41) is 43.3. The van der Waals surface area contributed by atoms with Crippen molar-refractivity contribution in [3.8, 4) is 12.3 Å². The van der Waals surface area contributed by atoms with E-state index in [1.807, 2.05) is 6.92 Å². The Hall–Kier alpha value is -0.600. The highest BCUT2D eigenvalue weighted by Crippen LogP contribution is 2.68. The maximum Gasteiger partial charge on any atom is 0.130 e. The maximum absolute atomic E-state index is 11.2. The summed E-state index contributed by atoms with van der Waals surface area (Å²) in [6.45, 7) is 4.26. The van der Waals surface area contributed by atoms with Gasteiger partial charge in [-0.2, -0.15) is 0 Å². The second-order valence-electron chi connectivity index (χ2n) is 9.88. The highest BCUT2D eigenvalue weighted by molar-refractivity contribution is 5.25. The summed E-state index contributed by atoms with van der Waals surface area (Å²) in [5.74, 6) is 3.00. The molecular weight excluding hydrogens is 316 g/mol. The monoisotopic (exact) mass is 348 g/mol. The molecule has 0 spiro atoms. The van der Waals surface area contributed by atoms with E-state index in [4.69, 9.17) is 6.42 Å². The van der Waals surface area contributed by atoms with E-state index in [2.05, 4.69) is 12.8 Å². The molecule has 140 valence electrons. The minimum Gasteiger partial charge on any atom is -0.393 e. The molecule has 0 aliphatic heterocycles. The minimum atomic E-state index is -1.19. The molecule has 4 heteroatoms. The molecule has 0 radical (unpaired) electrons. The van der Waals surface area contributed by atoms with Gasteiger partial charge in [-0.1, -0.05) is 19.8 Å². The number of aliphatic hydroxyl groups is 4. The summed E-state index contributed by atoms with van der Waals surface area (Å²) in [4.78, 5) is 0. The van der Waals surface area contributed by atoms with Crippen molar-refractivity contribution in [1.82, 2.24) is 0 Å². The highest BCUT2D eigenvalue weighted by atomic mass is 16.3. The first-order chi connectivity index (χ1) is 11.7. The van der Waals surface area contributed by atoms with Crippen LogP contribution in [0.4, 0.5) is 0 Å².